The van der Waals surface area contributed by atoms with Gasteiger partial charge in [0.25, 0.3) is 0 Å². The normalized spacial score (nSPS) is 15.0. The van der Waals surface area contributed by atoms with Crippen molar-refractivity contribution in [2.45, 2.75) is 10.8 Å². The zero-order valence-corrected chi connectivity index (χ0v) is 18.7. The van der Waals surface area contributed by atoms with Gasteiger partial charge in [-0.25, -0.2) is 0 Å². The minimum Gasteiger partial charge on any atom is -0.480 e. The van der Waals surface area contributed by atoms with Crippen LogP contribution < -0.4 is 5.73 Å². The van der Waals surface area contributed by atoms with E-state index in [1.165, 1.54) is 0 Å². The van der Waals surface area contributed by atoms with E-state index < -0.39 is 16.8 Å². The molecule has 0 spiro atoms. The first-order chi connectivity index (χ1) is 13.4. The number of benzene rings is 3. The molecule has 0 heterocycles. The van der Waals surface area contributed by atoms with E-state index in [-0.39, 0.29) is 0 Å². The molecule has 4 rings (SSSR count). The van der Waals surface area contributed by atoms with Gasteiger partial charge in [0.1, 0.15) is 6.04 Å². The Morgan fingerprint density at radius 1 is 0.964 bits per heavy atom. The van der Waals surface area contributed by atoms with Gasteiger partial charge >= 0.3 is 5.97 Å². The second-order valence-corrected chi connectivity index (χ2v) is 9.75. The summed E-state index contributed by atoms with van der Waals surface area (Å²) in [4.78, 5) is 11.4. The lowest BCUT2D eigenvalue weighted by atomic mass is 9.88. The molecule has 0 radical (unpaired) electrons. The quantitative estimate of drug-likeness (QED) is 0.459. The molecule has 142 valence electrons. The van der Waals surface area contributed by atoms with Gasteiger partial charge in [-0.15, -0.1) is 11.8 Å². The van der Waals surface area contributed by atoms with Gasteiger partial charge in [0.2, 0.25) is 0 Å². The first-order valence-corrected chi connectivity index (χ1v) is 11.3. The van der Waals surface area contributed by atoms with Crippen molar-refractivity contribution >= 4 is 49.6 Å². The minimum atomic E-state index is -0.988. The number of aliphatic carboxylic acids is 1. The number of nitrogens with two attached hydrogens (primary N) is 1. The molecule has 28 heavy (non-hydrogen) atoms. The maximum Gasteiger partial charge on any atom is 0.321 e. The lowest BCUT2D eigenvalue weighted by molar-refractivity contribution is -0.137. The third-order valence-corrected chi connectivity index (χ3v) is 7.61. The lowest BCUT2D eigenvalue weighted by Gasteiger charge is -2.33. The zero-order chi connectivity index (χ0) is 19.9. The number of thioether (sulfide) groups is 1. The molecule has 3 nitrogen and oxygen atoms in total. The topological polar surface area (TPSA) is 63.3 Å². The molecule has 0 saturated heterocycles. The Kier molecular flexibility index (Phi) is 5.40. The number of carbonyl (C=O) groups is 1. The number of halogens is 2. The van der Waals surface area contributed by atoms with Crippen LogP contribution in [0.3, 0.4) is 0 Å². The van der Waals surface area contributed by atoms with Gasteiger partial charge in [-0.2, -0.15) is 0 Å². The van der Waals surface area contributed by atoms with Gasteiger partial charge in [-0.05, 0) is 52.1 Å². The highest BCUT2D eigenvalue weighted by Crippen LogP contribution is 2.59. The molecule has 3 N–H and O–H groups in total. The molecular formula is C22H17Br2NO2S. The van der Waals surface area contributed by atoms with Gasteiger partial charge in [-0.3, -0.25) is 4.79 Å². The highest BCUT2D eigenvalue weighted by atomic mass is 79.9. The van der Waals surface area contributed by atoms with Gasteiger partial charge in [0.05, 0.1) is 4.75 Å². The van der Waals surface area contributed by atoms with Gasteiger partial charge in [-0.1, -0.05) is 74.3 Å². The second kappa shape index (κ2) is 7.67. The molecule has 1 aliphatic carbocycles. The average Bonchev–Trinajstić information content (AvgIpc) is 2.96. The predicted octanol–water partition coefficient (Wildman–Crippen LogP) is 5.63. The van der Waals surface area contributed by atoms with E-state index >= 15 is 0 Å². The van der Waals surface area contributed by atoms with Crippen LogP contribution in [0, 0.1) is 0 Å². The molecule has 6 heteroatoms. The van der Waals surface area contributed by atoms with Gasteiger partial charge in [0, 0.05) is 14.7 Å². The van der Waals surface area contributed by atoms with Crippen LogP contribution in [-0.4, -0.2) is 22.9 Å². The van der Waals surface area contributed by atoms with Crippen LogP contribution in [0.1, 0.15) is 16.7 Å². The van der Waals surface area contributed by atoms with Crippen molar-refractivity contribution in [1.82, 2.24) is 0 Å². The van der Waals surface area contributed by atoms with Crippen LogP contribution >= 0.6 is 43.6 Å². The highest BCUT2D eigenvalue weighted by molar-refractivity contribution is 9.10. The molecule has 3 aromatic carbocycles. The SMILES string of the molecule is N[C@H](CSC1(c2ccccc2)c2cc(Br)ccc2-c2ccc(Br)cc21)C(=O)O. The Morgan fingerprint density at radius 3 is 2.00 bits per heavy atom. The lowest BCUT2D eigenvalue weighted by Crippen LogP contribution is -2.35. The fourth-order valence-electron chi connectivity index (χ4n) is 3.74. The minimum absolute atomic E-state index is 0.294. The summed E-state index contributed by atoms with van der Waals surface area (Å²) < 4.78 is 1.44. The summed E-state index contributed by atoms with van der Waals surface area (Å²) in [6, 6.07) is 21.9. The molecule has 1 atom stereocenters. The summed E-state index contributed by atoms with van der Waals surface area (Å²) in [6.07, 6.45) is 0. The first-order valence-electron chi connectivity index (χ1n) is 8.72. The Hall–Kier alpha value is -1.60. The number of carboxylic acids is 1. The molecule has 0 amide bonds. The van der Waals surface area contributed by atoms with Crippen molar-refractivity contribution < 1.29 is 9.90 Å². The van der Waals surface area contributed by atoms with E-state index in [0.717, 1.165) is 36.8 Å². The Bertz CT molecular complexity index is 1000. The monoisotopic (exact) mass is 517 g/mol. The Labute approximate surface area is 184 Å². The molecule has 0 saturated carbocycles. The molecular weight excluding hydrogens is 502 g/mol. The summed E-state index contributed by atoms with van der Waals surface area (Å²) in [7, 11) is 0. The van der Waals surface area contributed by atoms with E-state index in [2.05, 4.69) is 68.3 Å². The third-order valence-electron chi connectivity index (χ3n) is 4.99. The van der Waals surface area contributed by atoms with Crippen LogP contribution in [0.15, 0.2) is 75.7 Å². The van der Waals surface area contributed by atoms with Crippen molar-refractivity contribution in [2.75, 3.05) is 5.75 Å². The van der Waals surface area contributed by atoms with E-state index in [9.17, 15) is 9.90 Å². The van der Waals surface area contributed by atoms with Crippen LogP contribution in [0.4, 0.5) is 0 Å². The third kappa shape index (κ3) is 3.22. The number of rotatable bonds is 5. The zero-order valence-electron chi connectivity index (χ0n) is 14.7. The van der Waals surface area contributed by atoms with E-state index in [4.69, 9.17) is 5.73 Å². The average molecular weight is 519 g/mol. The highest BCUT2D eigenvalue weighted by Gasteiger charge is 2.45. The van der Waals surface area contributed by atoms with Crippen LogP contribution in [0.5, 0.6) is 0 Å². The van der Waals surface area contributed by atoms with Crippen LogP contribution in [0.2, 0.25) is 0 Å². The standard InChI is InChI=1S/C22H17Br2NO2S/c23-14-6-8-16-17-9-7-15(24)11-19(17)22(18(16)10-14,13-4-2-1-3-5-13)28-12-20(25)21(26)27/h1-11,20H,12,25H2,(H,26,27)/t20-/m1/s1. The van der Waals surface area contributed by atoms with E-state index in [1.54, 1.807) is 11.8 Å². The first kappa shape index (κ1) is 19.7. The summed E-state index contributed by atoms with van der Waals surface area (Å²) >= 11 is 8.80. The summed E-state index contributed by atoms with van der Waals surface area (Å²) in [6.45, 7) is 0. The van der Waals surface area contributed by atoms with Crippen molar-refractivity contribution in [3.63, 3.8) is 0 Å². The fourth-order valence-corrected chi connectivity index (χ4v) is 5.98. The molecule has 0 unspecified atom stereocenters. The summed E-state index contributed by atoms with van der Waals surface area (Å²) in [5.74, 6) is -0.695. The van der Waals surface area contributed by atoms with Crippen molar-refractivity contribution in [3.05, 3.63) is 92.4 Å². The van der Waals surface area contributed by atoms with Crippen LogP contribution in [-0.2, 0) is 9.54 Å². The molecule has 1 aliphatic rings. The Morgan fingerprint density at radius 2 is 1.50 bits per heavy atom. The van der Waals surface area contributed by atoms with E-state index in [1.807, 2.05) is 30.3 Å². The largest absolute Gasteiger partial charge is 0.480 e. The smallest absolute Gasteiger partial charge is 0.321 e. The Balaban J connectivity index is 2.00. The van der Waals surface area contributed by atoms with Crippen molar-refractivity contribution in [1.29, 1.82) is 0 Å². The number of carboxylic acid groups (broad SMARTS) is 1. The summed E-state index contributed by atoms with van der Waals surface area (Å²) in [5, 5.41) is 9.34. The predicted molar refractivity (Wildman–Crippen MR) is 122 cm³/mol. The maximum absolute atomic E-state index is 11.4. The molecule has 0 aliphatic heterocycles. The fraction of sp³-hybridized carbons (Fsp3) is 0.136. The number of hydrogen-bond donors (Lipinski definition) is 2. The molecule has 3 aromatic rings. The molecule has 0 fully saturated rings. The van der Waals surface area contributed by atoms with E-state index in [0.29, 0.717) is 5.75 Å². The van der Waals surface area contributed by atoms with Crippen molar-refractivity contribution in [3.8, 4) is 11.1 Å². The van der Waals surface area contributed by atoms with Gasteiger partial charge in [0.15, 0.2) is 0 Å². The molecule has 0 aromatic heterocycles. The maximum atomic E-state index is 11.4. The molecule has 0 bridgehead atoms. The van der Waals surface area contributed by atoms with Crippen LogP contribution in [0.25, 0.3) is 11.1 Å². The van der Waals surface area contributed by atoms with Gasteiger partial charge < -0.3 is 10.8 Å². The second-order valence-electron chi connectivity index (χ2n) is 6.68. The number of fused-ring (bicyclic) bond motifs is 3. The number of hydrogen-bond acceptors (Lipinski definition) is 3. The summed E-state index contributed by atoms with van der Waals surface area (Å²) in [5.41, 5.74) is 11.6. The van der Waals surface area contributed by atoms with Crippen molar-refractivity contribution in [2.24, 2.45) is 5.73 Å².